The van der Waals surface area contributed by atoms with E-state index in [1.807, 2.05) is 0 Å². The zero-order chi connectivity index (χ0) is 12.0. The molecule has 2 saturated heterocycles. The summed E-state index contributed by atoms with van der Waals surface area (Å²) in [5.41, 5.74) is 0.331. The van der Waals surface area contributed by atoms with E-state index in [4.69, 9.17) is 5.11 Å². The maximum Gasteiger partial charge on any atom is 0.308 e. The largest absolute Gasteiger partial charge is 0.481 e. The van der Waals surface area contributed by atoms with Crippen molar-refractivity contribution in [3.8, 4) is 0 Å². The summed E-state index contributed by atoms with van der Waals surface area (Å²) in [7, 11) is 0. The van der Waals surface area contributed by atoms with Crippen molar-refractivity contribution in [1.82, 2.24) is 14.5 Å². The highest BCUT2D eigenvalue weighted by Crippen LogP contribution is 2.42. The highest BCUT2D eigenvalue weighted by atomic mass is 32.1. The lowest BCUT2D eigenvalue weighted by Gasteiger charge is -2.21. The molecule has 2 fully saturated rings. The lowest BCUT2D eigenvalue weighted by molar-refractivity contribution is -0.142. The number of carboxylic acid groups (broad SMARTS) is 1. The molecule has 3 unspecified atom stereocenters. The number of fused-ring (bicyclic) bond motifs is 2. The van der Waals surface area contributed by atoms with Gasteiger partial charge < -0.3 is 10.0 Å². The van der Waals surface area contributed by atoms with E-state index in [0.717, 1.165) is 24.4 Å². The van der Waals surface area contributed by atoms with Gasteiger partial charge in [-0.3, -0.25) is 9.59 Å². The maximum atomic E-state index is 12.2. The Kier molecular flexibility index (Phi) is 2.36. The normalized spacial score (nSPS) is 30.8. The smallest absolute Gasteiger partial charge is 0.308 e. The molecule has 0 spiro atoms. The van der Waals surface area contributed by atoms with Crippen molar-refractivity contribution >= 4 is 23.4 Å². The highest BCUT2D eigenvalue weighted by molar-refractivity contribution is 7.03. The van der Waals surface area contributed by atoms with Gasteiger partial charge in [0.15, 0.2) is 5.69 Å². The van der Waals surface area contributed by atoms with E-state index in [1.54, 1.807) is 10.3 Å². The molecular formula is C10H11N3O3S. The predicted octanol–water partition coefficient (Wildman–Crippen LogP) is 0.616. The maximum absolute atomic E-state index is 12.2. The number of amides is 1. The van der Waals surface area contributed by atoms with Gasteiger partial charge >= 0.3 is 5.97 Å². The molecular weight excluding hydrogens is 242 g/mol. The van der Waals surface area contributed by atoms with Crippen LogP contribution < -0.4 is 0 Å². The molecule has 3 heterocycles. The number of nitrogens with zero attached hydrogens (tertiary/aromatic N) is 3. The quantitative estimate of drug-likeness (QED) is 0.835. The van der Waals surface area contributed by atoms with Gasteiger partial charge in [-0.15, -0.1) is 5.10 Å². The van der Waals surface area contributed by atoms with E-state index < -0.39 is 11.9 Å². The number of aliphatic carboxylic acids is 1. The predicted molar refractivity (Wildman–Crippen MR) is 58.6 cm³/mol. The molecule has 1 amide bonds. The summed E-state index contributed by atoms with van der Waals surface area (Å²) in [6.45, 7) is 0. The van der Waals surface area contributed by atoms with E-state index in [1.165, 1.54) is 0 Å². The molecule has 2 bridgehead atoms. The third-order valence-electron chi connectivity index (χ3n) is 3.67. The van der Waals surface area contributed by atoms with Crippen LogP contribution in [0.25, 0.3) is 0 Å². The molecule has 3 atom stereocenters. The molecule has 90 valence electrons. The SMILES string of the molecule is O=C(O)C1CC2CCC1N2C(=O)c1csnn1. The number of carbonyl (C=O) groups excluding carboxylic acids is 1. The van der Waals surface area contributed by atoms with Gasteiger partial charge in [-0.2, -0.15) is 0 Å². The summed E-state index contributed by atoms with van der Waals surface area (Å²) in [5.74, 6) is -1.38. The first-order valence-electron chi connectivity index (χ1n) is 5.51. The van der Waals surface area contributed by atoms with Gasteiger partial charge in [-0.25, -0.2) is 0 Å². The number of hydrogen-bond acceptors (Lipinski definition) is 5. The fraction of sp³-hybridized carbons (Fsp3) is 0.600. The van der Waals surface area contributed by atoms with E-state index in [0.29, 0.717) is 12.1 Å². The second-order valence-corrected chi connectivity index (χ2v) is 5.09. The summed E-state index contributed by atoms with van der Waals surface area (Å²) in [4.78, 5) is 25.0. The van der Waals surface area contributed by atoms with Crippen molar-refractivity contribution < 1.29 is 14.7 Å². The number of rotatable bonds is 2. The summed E-state index contributed by atoms with van der Waals surface area (Å²) in [5, 5.41) is 14.5. The van der Waals surface area contributed by atoms with Gasteiger partial charge in [-0.1, -0.05) is 4.49 Å². The minimum atomic E-state index is -0.800. The molecule has 3 rings (SSSR count). The second kappa shape index (κ2) is 3.76. The third-order valence-corrected chi connectivity index (χ3v) is 4.17. The number of carbonyl (C=O) groups is 2. The molecule has 1 N–H and O–H groups in total. The van der Waals surface area contributed by atoms with Gasteiger partial charge in [0, 0.05) is 17.5 Å². The topological polar surface area (TPSA) is 83.4 Å². The van der Waals surface area contributed by atoms with Crippen molar-refractivity contribution in [2.45, 2.75) is 31.3 Å². The first kappa shape index (κ1) is 10.6. The average Bonchev–Trinajstić information content (AvgIpc) is 3.03. The fourth-order valence-corrected chi connectivity index (χ4v) is 3.39. The number of aromatic nitrogens is 2. The molecule has 0 aromatic carbocycles. The van der Waals surface area contributed by atoms with Crippen LogP contribution in [0.15, 0.2) is 5.38 Å². The highest BCUT2D eigenvalue weighted by Gasteiger charge is 2.51. The van der Waals surface area contributed by atoms with Crippen LogP contribution in [0.5, 0.6) is 0 Å². The zero-order valence-corrected chi connectivity index (χ0v) is 9.76. The Morgan fingerprint density at radius 2 is 2.29 bits per heavy atom. The van der Waals surface area contributed by atoms with Crippen molar-refractivity contribution in [1.29, 1.82) is 0 Å². The molecule has 1 aromatic heterocycles. The van der Waals surface area contributed by atoms with E-state index in [2.05, 4.69) is 9.59 Å². The second-order valence-electron chi connectivity index (χ2n) is 4.48. The molecule has 6 nitrogen and oxygen atoms in total. The standard InChI is InChI=1S/C10H11N3O3S/c14-9(7-4-17-12-11-7)13-5-1-2-8(13)6(3-5)10(15)16/h4-6,8H,1-3H2,(H,15,16). The van der Waals surface area contributed by atoms with Gasteiger partial charge in [-0.05, 0) is 30.8 Å². The van der Waals surface area contributed by atoms with Crippen molar-refractivity contribution in [2.24, 2.45) is 5.92 Å². The Balaban J connectivity index is 1.86. The van der Waals surface area contributed by atoms with Crippen LogP contribution in [0.2, 0.25) is 0 Å². The minimum absolute atomic E-state index is 0.0651. The zero-order valence-electron chi connectivity index (χ0n) is 8.94. The van der Waals surface area contributed by atoms with E-state index in [-0.39, 0.29) is 18.0 Å². The molecule has 1 aromatic rings. The Hall–Kier alpha value is -1.50. The van der Waals surface area contributed by atoms with Crippen LogP contribution >= 0.6 is 11.5 Å². The monoisotopic (exact) mass is 253 g/mol. The first-order valence-corrected chi connectivity index (χ1v) is 6.34. The van der Waals surface area contributed by atoms with Crippen molar-refractivity contribution in [3.05, 3.63) is 11.1 Å². The Labute approximate surface area is 101 Å². The van der Waals surface area contributed by atoms with E-state index >= 15 is 0 Å². The lowest BCUT2D eigenvalue weighted by Crippen LogP contribution is -2.38. The van der Waals surface area contributed by atoms with E-state index in [9.17, 15) is 9.59 Å². The Morgan fingerprint density at radius 3 is 2.88 bits per heavy atom. The summed E-state index contributed by atoms with van der Waals surface area (Å²) in [6, 6.07) is -0.0954. The summed E-state index contributed by atoms with van der Waals surface area (Å²) >= 11 is 1.13. The minimum Gasteiger partial charge on any atom is -0.481 e. The third kappa shape index (κ3) is 1.53. The first-order chi connectivity index (χ1) is 8.18. The van der Waals surface area contributed by atoms with Crippen LogP contribution in [0.4, 0.5) is 0 Å². The molecule has 0 aliphatic carbocycles. The number of hydrogen-bond donors (Lipinski definition) is 1. The van der Waals surface area contributed by atoms with Crippen LogP contribution in [-0.2, 0) is 4.79 Å². The Morgan fingerprint density at radius 1 is 1.47 bits per heavy atom. The van der Waals surface area contributed by atoms with Crippen LogP contribution in [-0.4, -0.2) is 43.6 Å². The van der Waals surface area contributed by atoms with Crippen molar-refractivity contribution in [3.63, 3.8) is 0 Å². The van der Waals surface area contributed by atoms with Crippen LogP contribution in [0, 0.1) is 5.92 Å². The van der Waals surface area contributed by atoms with Crippen molar-refractivity contribution in [2.75, 3.05) is 0 Å². The van der Waals surface area contributed by atoms with Gasteiger partial charge in [0.05, 0.1) is 5.92 Å². The van der Waals surface area contributed by atoms with Gasteiger partial charge in [0.1, 0.15) is 0 Å². The van der Waals surface area contributed by atoms with Gasteiger partial charge in [0.2, 0.25) is 0 Å². The lowest BCUT2D eigenvalue weighted by atomic mass is 9.89. The van der Waals surface area contributed by atoms with Crippen LogP contribution in [0.3, 0.4) is 0 Å². The average molecular weight is 253 g/mol. The molecule has 7 heteroatoms. The summed E-state index contributed by atoms with van der Waals surface area (Å²) < 4.78 is 3.67. The molecule has 0 radical (unpaired) electrons. The molecule has 2 aliphatic heterocycles. The molecule has 0 saturated carbocycles. The fourth-order valence-electron chi connectivity index (χ4n) is 2.96. The summed E-state index contributed by atoms with van der Waals surface area (Å²) in [6.07, 6.45) is 2.26. The van der Waals surface area contributed by atoms with Gasteiger partial charge in [0.25, 0.3) is 5.91 Å². The number of carboxylic acids is 1. The molecule has 2 aliphatic rings. The van der Waals surface area contributed by atoms with Crippen LogP contribution in [0.1, 0.15) is 29.8 Å². The Bertz CT molecular complexity index is 461. The molecule has 17 heavy (non-hydrogen) atoms.